The van der Waals surface area contributed by atoms with Crippen LogP contribution in [0.2, 0.25) is 0 Å². The molecule has 0 saturated carbocycles. The standard InChI is InChI=1S/C15H15FN2O2/c16-13-6-11(5-12(7-13)15(17)18)9-20-14-3-1-10(8-19)2-4-14/h1-7,19H,8-9H2,(H3,17,18). The SMILES string of the molecule is N=C(N)c1cc(F)cc(COc2ccc(CO)cc2)c1. The molecule has 104 valence electrons. The number of benzene rings is 2. The van der Waals surface area contributed by atoms with Gasteiger partial charge in [-0.15, -0.1) is 0 Å². The zero-order chi connectivity index (χ0) is 14.5. The van der Waals surface area contributed by atoms with Crippen molar-refractivity contribution in [2.45, 2.75) is 13.2 Å². The molecular formula is C15H15FN2O2. The Morgan fingerprint density at radius 3 is 2.45 bits per heavy atom. The van der Waals surface area contributed by atoms with Gasteiger partial charge in [0, 0.05) is 5.56 Å². The molecule has 0 spiro atoms. The molecule has 2 aromatic rings. The number of ether oxygens (including phenoxy) is 1. The molecule has 0 aromatic heterocycles. The summed E-state index contributed by atoms with van der Waals surface area (Å²) in [5.74, 6) is -0.0131. The lowest BCUT2D eigenvalue weighted by Gasteiger charge is -2.08. The van der Waals surface area contributed by atoms with Gasteiger partial charge in [-0.3, -0.25) is 5.41 Å². The van der Waals surface area contributed by atoms with Crippen LogP contribution in [0.4, 0.5) is 4.39 Å². The van der Waals surface area contributed by atoms with Gasteiger partial charge in [-0.1, -0.05) is 12.1 Å². The minimum atomic E-state index is -0.452. The van der Waals surface area contributed by atoms with E-state index in [4.69, 9.17) is 21.0 Å². The third-order valence-electron chi connectivity index (χ3n) is 2.78. The molecule has 0 atom stereocenters. The summed E-state index contributed by atoms with van der Waals surface area (Å²) in [6.07, 6.45) is 0. The van der Waals surface area contributed by atoms with E-state index in [-0.39, 0.29) is 19.0 Å². The molecule has 0 fully saturated rings. The number of hydrogen-bond donors (Lipinski definition) is 3. The topological polar surface area (TPSA) is 79.3 Å². The molecule has 0 radical (unpaired) electrons. The van der Waals surface area contributed by atoms with Gasteiger partial charge in [0.2, 0.25) is 0 Å². The minimum absolute atomic E-state index is 0.0217. The summed E-state index contributed by atoms with van der Waals surface area (Å²) in [5, 5.41) is 16.3. The van der Waals surface area contributed by atoms with Gasteiger partial charge in [0.25, 0.3) is 0 Å². The molecule has 0 unspecified atom stereocenters. The van der Waals surface area contributed by atoms with Crippen molar-refractivity contribution in [2.75, 3.05) is 0 Å². The average molecular weight is 274 g/mol. The average Bonchev–Trinajstić information content (AvgIpc) is 2.45. The highest BCUT2D eigenvalue weighted by Crippen LogP contribution is 2.16. The number of hydrogen-bond acceptors (Lipinski definition) is 3. The van der Waals surface area contributed by atoms with Crippen molar-refractivity contribution in [1.29, 1.82) is 5.41 Å². The number of rotatable bonds is 5. The Kier molecular flexibility index (Phi) is 4.32. The van der Waals surface area contributed by atoms with E-state index in [2.05, 4.69) is 0 Å². The van der Waals surface area contributed by atoms with Gasteiger partial charge in [-0.05, 0) is 41.5 Å². The molecule has 4 N–H and O–H groups in total. The van der Waals surface area contributed by atoms with E-state index in [1.165, 1.54) is 12.1 Å². The Labute approximate surface area is 116 Å². The molecule has 0 aliphatic heterocycles. The molecule has 0 saturated heterocycles. The van der Waals surface area contributed by atoms with Crippen LogP contribution in [0, 0.1) is 11.2 Å². The van der Waals surface area contributed by atoms with Gasteiger partial charge < -0.3 is 15.6 Å². The van der Waals surface area contributed by atoms with Crippen LogP contribution in [0.1, 0.15) is 16.7 Å². The fourth-order valence-corrected chi connectivity index (χ4v) is 1.75. The second-order valence-corrected chi connectivity index (χ2v) is 4.35. The van der Waals surface area contributed by atoms with Crippen molar-refractivity contribution >= 4 is 5.84 Å². The van der Waals surface area contributed by atoms with Crippen molar-refractivity contribution in [2.24, 2.45) is 5.73 Å². The fourth-order valence-electron chi connectivity index (χ4n) is 1.75. The maximum absolute atomic E-state index is 13.4. The summed E-state index contributed by atoms with van der Waals surface area (Å²) in [6, 6.07) is 11.1. The molecule has 4 nitrogen and oxygen atoms in total. The first-order chi connectivity index (χ1) is 9.58. The monoisotopic (exact) mass is 274 g/mol. The lowest BCUT2D eigenvalue weighted by atomic mass is 10.1. The molecule has 2 aromatic carbocycles. The number of nitrogens with two attached hydrogens (primary N) is 1. The third-order valence-corrected chi connectivity index (χ3v) is 2.78. The number of halogens is 1. The van der Waals surface area contributed by atoms with Crippen molar-refractivity contribution < 1.29 is 14.2 Å². The lowest BCUT2D eigenvalue weighted by molar-refractivity contribution is 0.280. The first-order valence-electron chi connectivity index (χ1n) is 6.05. The zero-order valence-corrected chi connectivity index (χ0v) is 10.8. The van der Waals surface area contributed by atoms with E-state index in [1.807, 2.05) is 0 Å². The molecule has 0 bridgehead atoms. The Bertz CT molecular complexity index is 612. The normalized spacial score (nSPS) is 10.3. The Balaban J connectivity index is 2.08. The molecule has 0 heterocycles. The molecule has 2 rings (SSSR count). The number of nitrogen functional groups attached to an aromatic ring is 1. The maximum atomic E-state index is 13.4. The first-order valence-corrected chi connectivity index (χ1v) is 6.05. The van der Waals surface area contributed by atoms with Gasteiger partial charge in [-0.25, -0.2) is 4.39 Å². The predicted octanol–water partition coefficient (Wildman–Crippen LogP) is 2.18. The van der Waals surface area contributed by atoms with E-state index in [0.717, 1.165) is 5.56 Å². The van der Waals surface area contributed by atoms with Crippen LogP contribution in [-0.4, -0.2) is 10.9 Å². The molecular weight excluding hydrogens is 259 g/mol. The van der Waals surface area contributed by atoms with E-state index in [1.54, 1.807) is 30.3 Å². The zero-order valence-electron chi connectivity index (χ0n) is 10.8. The minimum Gasteiger partial charge on any atom is -0.489 e. The second-order valence-electron chi connectivity index (χ2n) is 4.35. The summed E-state index contributed by atoms with van der Waals surface area (Å²) in [7, 11) is 0. The van der Waals surface area contributed by atoms with Crippen LogP contribution in [0.5, 0.6) is 5.75 Å². The summed E-state index contributed by atoms with van der Waals surface area (Å²) in [4.78, 5) is 0. The summed E-state index contributed by atoms with van der Waals surface area (Å²) >= 11 is 0. The number of aliphatic hydroxyl groups is 1. The van der Waals surface area contributed by atoms with E-state index < -0.39 is 5.82 Å². The van der Waals surface area contributed by atoms with E-state index in [0.29, 0.717) is 16.9 Å². The van der Waals surface area contributed by atoms with Crippen molar-refractivity contribution in [3.8, 4) is 5.75 Å². The van der Waals surface area contributed by atoms with Crippen LogP contribution >= 0.6 is 0 Å². The Morgan fingerprint density at radius 1 is 1.15 bits per heavy atom. The summed E-state index contributed by atoms with van der Waals surface area (Å²) < 4.78 is 18.9. The van der Waals surface area contributed by atoms with Crippen molar-refractivity contribution in [1.82, 2.24) is 0 Å². The molecule has 20 heavy (non-hydrogen) atoms. The van der Waals surface area contributed by atoms with E-state index >= 15 is 0 Å². The molecule has 0 amide bonds. The molecule has 0 aliphatic carbocycles. The Morgan fingerprint density at radius 2 is 1.85 bits per heavy atom. The highest BCUT2D eigenvalue weighted by molar-refractivity contribution is 5.95. The second kappa shape index (κ2) is 6.16. The van der Waals surface area contributed by atoms with Crippen LogP contribution in [-0.2, 0) is 13.2 Å². The van der Waals surface area contributed by atoms with Crippen LogP contribution in [0.3, 0.4) is 0 Å². The van der Waals surface area contributed by atoms with Gasteiger partial charge in [0.1, 0.15) is 24.0 Å². The van der Waals surface area contributed by atoms with Crippen molar-refractivity contribution in [3.05, 3.63) is 65.0 Å². The van der Waals surface area contributed by atoms with Crippen molar-refractivity contribution in [3.63, 3.8) is 0 Å². The predicted molar refractivity (Wildman–Crippen MR) is 74.1 cm³/mol. The number of aliphatic hydroxyl groups excluding tert-OH is 1. The summed E-state index contributed by atoms with van der Waals surface area (Å²) in [5.41, 5.74) is 7.07. The highest BCUT2D eigenvalue weighted by atomic mass is 19.1. The van der Waals surface area contributed by atoms with Gasteiger partial charge >= 0.3 is 0 Å². The smallest absolute Gasteiger partial charge is 0.124 e. The van der Waals surface area contributed by atoms with E-state index in [9.17, 15) is 4.39 Å². The number of nitrogens with one attached hydrogen (secondary N) is 1. The summed E-state index contributed by atoms with van der Waals surface area (Å²) in [6.45, 7) is 0.155. The number of amidine groups is 1. The largest absolute Gasteiger partial charge is 0.489 e. The van der Waals surface area contributed by atoms with Gasteiger partial charge in [-0.2, -0.15) is 0 Å². The lowest BCUT2D eigenvalue weighted by Crippen LogP contribution is -2.12. The van der Waals surface area contributed by atoms with Gasteiger partial charge in [0.05, 0.1) is 6.61 Å². The third kappa shape index (κ3) is 3.55. The van der Waals surface area contributed by atoms with Gasteiger partial charge in [0.15, 0.2) is 0 Å². The van der Waals surface area contributed by atoms with Crippen LogP contribution in [0.25, 0.3) is 0 Å². The highest BCUT2D eigenvalue weighted by Gasteiger charge is 2.04. The first kappa shape index (κ1) is 14.0. The van der Waals surface area contributed by atoms with Crippen LogP contribution in [0.15, 0.2) is 42.5 Å². The molecule has 5 heteroatoms. The fraction of sp³-hybridized carbons (Fsp3) is 0.133. The molecule has 0 aliphatic rings. The maximum Gasteiger partial charge on any atom is 0.124 e. The van der Waals surface area contributed by atoms with Crippen LogP contribution < -0.4 is 10.5 Å². The quantitative estimate of drug-likeness (QED) is 0.577. The Hall–Kier alpha value is -2.40.